The highest BCUT2D eigenvalue weighted by Crippen LogP contribution is 2.29. The molecule has 1 aromatic carbocycles. The topological polar surface area (TPSA) is 147 Å². The summed E-state index contributed by atoms with van der Waals surface area (Å²) in [6.45, 7) is 1.42. The quantitative estimate of drug-likeness (QED) is 0.237. The van der Waals surface area contributed by atoms with E-state index in [1.54, 1.807) is 24.5 Å². The fourth-order valence-electron chi connectivity index (χ4n) is 4.12. The van der Waals surface area contributed by atoms with Crippen LogP contribution < -0.4 is 25.6 Å². The van der Waals surface area contributed by atoms with Gasteiger partial charge in [0.25, 0.3) is 0 Å². The van der Waals surface area contributed by atoms with Crippen LogP contribution in [-0.4, -0.2) is 62.7 Å². The summed E-state index contributed by atoms with van der Waals surface area (Å²) in [4.78, 5) is 30.7. The van der Waals surface area contributed by atoms with Crippen LogP contribution in [0.2, 0.25) is 0 Å². The molecule has 0 aliphatic carbocycles. The van der Waals surface area contributed by atoms with Crippen LogP contribution in [0.4, 0.5) is 33.7 Å². The van der Waals surface area contributed by atoms with Crippen molar-refractivity contribution < 1.29 is 27.5 Å². The summed E-state index contributed by atoms with van der Waals surface area (Å²) < 4.78 is 40.8. The molecule has 0 atom stereocenters. The fraction of sp³-hybridized carbons (Fsp3) is 0.320. The number of anilines is 4. The highest BCUT2D eigenvalue weighted by molar-refractivity contribution is 7.19. The lowest BCUT2D eigenvalue weighted by atomic mass is 10.1. The summed E-state index contributed by atoms with van der Waals surface area (Å²) in [5.74, 6) is -0.901. The number of nitrogens with one attached hydrogen (secondary N) is 3. The van der Waals surface area contributed by atoms with E-state index in [1.165, 1.54) is 34.8 Å². The average molecular weight is 620 g/mol. The minimum Gasteiger partial charge on any atom is -0.406 e. The molecule has 4 aromatic rings. The lowest BCUT2D eigenvalue weighted by Crippen LogP contribution is -2.39. The predicted molar refractivity (Wildman–Crippen MR) is 151 cm³/mol. The Balaban J connectivity index is 1.04. The number of piperidine rings is 1. The van der Waals surface area contributed by atoms with Crippen LogP contribution in [0.5, 0.6) is 5.75 Å². The van der Waals surface area contributed by atoms with Crippen molar-refractivity contribution in [3.8, 4) is 5.75 Å². The number of carbonyl (C=O) groups excluding carboxylic acids is 2. The van der Waals surface area contributed by atoms with E-state index in [0.29, 0.717) is 39.2 Å². The van der Waals surface area contributed by atoms with E-state index in [1.807, 2.05) is 0 Å². The summed E-state index contributed by atoms with van der Waals surface area (Å²) >= 11 is 2.52. The molecule has 1 fully saturated rings. The van der Waals surface area contributed by atoms with Crippen LogP contribution in [0.3, 0.4) is 0 Å². The molecule has 2 amide bonds. The minimum absolute atomic E-state index is 0.0416. The van der Waals surface area contributed by atoms with Gasteiger partial charge in [0.05, 0.1) is 12.8 Å². The first-order valence-electron chi connectivity index (χ1n) is 12.7. The van der Waals surface area contributed by atoms with E-state index in [9.17, 15) is 22.8 Å². The molecule has 3 N–H and O–H groups in total. The molecule has 0 saturated carbocycles. The van der Waals surface area contributed by atoms with Gasteiger partial charge in [0.2, 0.25) is 32.3 Å². The molecule has 0 radical (unpaired) electrons. The number of alkyl halides is 3. The number of hydrogen-bond donors (Lipinski definition) is 3. The maximum Gasteiger partial charge on any atom is 0.573 e. The number of aromatic nitrogens is 5. The Labute approximate surface area is 245 Å². The molecular formula is C25H24F3N9O3S2. The largest absolute Gasteiger partial charge is 0.573 e. The number of pyridine rings is 1. The third kappa shape index (κ3) is 8.56. The summed E-state index contributed by atoms with van der Waals surface area (Å²) in [7, 11) is 0. The van der Waals surface area contributed by atoms with E-state index in [0.717, 1.165) is 30.5 Å². The summed E-state index contributed by atoms with van der Waals surface area (Å²) in [5, 5.41) is 27.3. The van der Waals surface area contributed by atoms with Crippen LogP contribution in [0, 0.1) is 0 Å². The summed E-state index contributed by atoms with van der Waals surface area (Å²) in [6.07, 6.45) is 0.289. The van der Waals surface area contributed by atoms with Crippen molar-refractivity contribution in [2.75, 3.05) is 33.9 Å². The van der Waals surface area contributed by atoms with Crippen LogP contribution in [0.1, 0.15) is 24.0 Å². The molecule has 1 saturated heterocycles. The van der Waals surface area contributed by atoms with Crippen molar-refractivity contribution >= 4 is 55.0 Å². The van der Waals surface area contributed by atoms with Crippen LogP contribution in [0.25, 0.3) is 0 Å². The van der Waals surface area contributed by atoms with Gasteiger partial charge in [-0.25, -0.2) is 0 Å². The zero-order chi connectivity index (χ0) is 29.5. The molecule has 1 aliphatic rings. The summed E-state index contributed by atoms with van der Waals surface area (Å²) in [5.41, 5.74) is 1.38. The third-order valence-electron chi connectivity index (χ3n) is 6.06. The van der Waals surface area contributed by atoms with Crippen molar-refractivity contribution in [1.29, 1.82) is 0 Å². The first kappa shape index (κ1) is 29.1. The standard InChI is InChI=1S/C25H24F3N9O3S2/c26-25(27,28)40-18-3-1-15(2-4-18)13-19(38)32-23-35-36-24(42-23)37-11-7-17(8-12-37)30-21-33-34-22(41-21)31-20(39)14-16-5-9-29-10-6-16/h1-6,9-10,17H,7-8,11-14H2,(H,30,33)(H,31,34,39)(H,32,35,38). The normalized spacial score (nSPS) is 13.9. The zero-order valence-electron chi connectivity index (χ0n) is 21.8. The van der Waals surface area contributed by atoms with Gasteiger partial charge in [0.1, 0.15) is 5.75 Å². The molecular weight excluding hydrogens is 595 g/mol. The lowest BCUT2D eigenvalue weighted by molar-refractivity contribution is -0.274. The van der Waals surface area contributed by atoms with Gasteiger partial charge < -0.3 is 25.6 Å². The van der Waals surface area contributed by atoms with E-state index in [-0.39, 0.29) is 36.4 Å². The number of nitrogens with zero attached hydrogens (tertiary/aromatic N) is 6. The highest BCUT2D eigenvalue weighted by Gasteiger charge is 2.31. The number of benzene rings is 1. The van der Waals surface area contributed by atoms with Crippen molar-refractivity contribution in [2.45, 2.75) is 38.1 Å². The summed E-state index contributed by atoms with van der Waals surface area (Å²) in [6, 6.07) is 8.83. The van der Waals surface area contributed by atoms with Crippen LogP contribution in [-0.2, 0) is 22.4 Å². The van der Waals surface area contributed by atoms with E-state index < -0.39 is 6.36 Å². The van der Waals surface area contributed by atoms with Gasteiger partial charge in [-0.3, -0.25) is 14.6 Å². The zero-order valence-corrected chi connectivity index (χ0v) is 23.4. The maximum atomic E-state index is 12.4. The molecule has 12 nitrogen and oxygen atoms in total. The minimum atomic E-state index is -4.77. The molecule has 4 heterocycles. The van der Waals surface area contributed by atoms with Crippen molar-refractivity contribution in [3.63, 3.8) is 0 Å². The Morgan fingerprint density at radius 1 is 0.833 bits per heavy atom. The molecule has 0 unspecified atom stereocenters. The predicted octanol–water partition coefficient (Wildman–Crippen LogP) is 4.13. The number of carbonyl (C=O) groups is 2. The first-order chi connectivity index (χ1) is 20.2. The van der Waals surface area contributed by atoms with E-state index in [4.69, 9.17) is 0 Å². The molecule has 3 aromatic heterocycles. The van der Waals surface area contributed by atoms with Crippen molar-refractivity contribution in [2.24, 2.45) is 0 Å². The van der Waals surface area contributed by atoms with Gasteiger partial charge in [-0.2, -0.15) is 0 Å². The lowest BCUT2D eigenvalue weighted by Gasteiger charge is -2.31. The van der Waals surface area contributed by atoms with Crippen molar-refractivity contribution in [3.05, 3.63) is 59.9 Å². The van der Waals surface area contributed by atoms with Gasteiger partial charge in [-0.05, 0) is 48.2 Å². The smallest absolute Gasteiger partial charge is 0.406 e. The van der Waals surface area contributed by atoms with Gasteiger partial charge >= 0.3 is 6.36 Å². The molecule has 5 rings (SSSR count). The SMILES string of the molecule is O=C(Cc1ccncc1)Nc1nnc(NC2CCN(c3nnc(NC(=O)Cc4ccc(OC(F)(F)F)cc4)s3)CC2)s1. The second-order valence-electron chi connectivity index (χ2n) is 9.20. The highest BCUT2D eigenvalue weighted by atomic mass is 32.1. The second kappa shape index (κ2) is 13.1. The molecule has 220 valence electrons. The van der Waals surface area contributed by atoms with Crippen molar-refractivity contribution in [1.82, 2.24) is 25.4 Å². The molecule has 0 spiro atoms. The molecule has 42 heavy (non-hydrogen) atoms. The second-order valence-corrected chi connectivity index (χ2v) is 11.1. The number of ether oxygens (including phenoxy) is 1. The van der Waals surface area contributed by atoms with Crippen LogP contribution >= 0.6 is 22.7 Å². The van der Waals surface area contributed by atoms with Gasteiger partial charge in [-0.1, -0.05) is 34.8 Å². The Morgan fingerprint density at radius 2 is 1.40 bits per heavy atom. The number of amides is 2. The van der Waals surface area contributed by atoms with Crippen LogP contribution in [0.15, 0.2) is 48.8 Å². The number of hydrogen-bond acceptors (Lipinski definition) is 12. The number of halogens is 3. The van der Waals surface area contributed by atoms with E-state index in [2.05, 4.69) is 51.0 Å². The maximum absolute atomic E-state index is 12.4. The van der Waals surface area contributed by atoms with Gasteiger partial charge in [0, 0.05) is 31.5 Å². The fourth-order valence-corrected chi connectivity index (χ4v) is 5.67. The average Bonchev–Trinajstić information content (AvgIpc) is 3.59. The Hall–Kier alpha value is -4.38. The van der Waals surface area contributed by atoms with E-state index >= 15 is 0 Å². The monoisotopic (exact) mass is 619 g/mol. The van der Waals surface area contributed by atoms with Gasteiger partial charge in [0.15, 0.2) is 0 Å². The Kier molecular flexibility index (Phi) is 9.06. The molecule has 0 bridgehead atoms. The Bertz CT molecular complexity index is 1490. The van der Waals surface area contributed by atoms with Gasteiger partial charge in [-0.15, -0.1) is 33.6 Å². The first-order valence-corrected chi connectivity index (χ1v) is 14.3. The number of rotatable bonds is 10. The Morgan fingerprint density at radius 3 is 2.05 bits per heavy atom. The third-order valence-corrected chi connectivity index (χ3v) is 7.73. The molecule has 17 heteroatoms. The molecule has 1 aliphatic heterocycles.